The third-order valence-electron chi connectivity index (χ3n) is 15.3. The molecule has 0 heterocycles. The Balaban J connectivity index is 4.35. The van der Waals surface area contributed by atoms with Crippen LogP contribution in [0.2, 0.25) is 0 Å². The van der Waals surface area contributed by atoms with Crippen molar-refractivity contribution in [1.29, 1.82) is 0 Å². The van der Waals surface area contributed by atoms with E-state index in [-0.39, 0.29) is 31.1 Å². The first-order chi connectivity index (χ1) is 38.5. The van der Waals surface area contributed by atoms with Crippen molar-refractivity contribution < 1.29 is 28.6 Å². The average Bonchev–Trinajstić information content (AvgIpc) is 3.44. The van der Waals surface area contributed by atoms with Gasteiger partial charge in [0.05, 0.1) is 0 Å². The van der Waals surface area contributed by atoms with Gasteiger partial charge in [-0.1, -0.05) is 338 Å². The highest BCUT2D eigenvalue weighted by Gasteiger charge is 2.19. The summed E-state index contributed by atoms with van der Waals surface area (Å²) in [4.78, 5) is 38.4. The molecule has 0 aliphatic carbocycles. The number of carbonyl (C=O) groups is 3. The first-order valence-corrected chi connectivity index (χ1v) is 34.3. The van der Waals surface area contributed by atoms with Crippen molar-refractivity contribution in [3.63, 3.8) is 0 Å². The highest BCUT2D eigenvalue weighted by atomic mass is 16.6. The Labute approximate surface area is 485 Å². The Bertz CT molecular complexity index is 1390. The molecule has 0 radical (unpaired) electrons. The lowest BCUT2D eigenvalue weighted by atomic mass is 10.0. The van der Waals surface area contributed by atoms with Crippen molar-refractivity contribution in [2.24, 2.45) is 0 Å². The summed E-state index contributed by atoms with van der Waals surface area (Å²) < 4.78 is 17.0. The second-order valence-corrected chi connectivity index (χ2v) is 23.1. The van der Waals surface area contributed by atoms with Crippen LogP contribution >= 0.6 is 0 Å². The van der Waals surface area contributed by atoms with Gasteiger partial charge in [0.15, 0.2) is 6.10 Å². The quantitative estimate of drug-likeness (QED) is 0.0261. The van der Waals surface area contributed by atoms with Gasteiger partial charge in [-0.3, -0.25) is 14.4 Å². The molecule has 0 rings (SSSR count). The molecule has 6 nitrogen and oxygen atoms in total. The highest BCUT2D eigenvalue weighted by molar-refractivity contribution is 5.71. The molecule has 454 valence electrons. The van der Waals surface area contributed by atoms with Crippen molar-refractivity contribution in [1.82, 2.24) is 0 Å². The van der Waals surface area contributed by atoms with Crippen LogP contribution in [-0.4, -0.2) is 37.2 Å². The second-order valence-electron chi connectivity index (χ2n) is 23.1. The number of hydrogen-bond donors (Lipinski definition) is 0. The van der Waals surface area contributed by atoms with Crippen molar-refractivity contribution >= 4 is 17.9 Å². The molecule has 0 fully saturated rings. The summed E-state index contributed by atoms with van der Waals surface area (Å²) in [7, 11) is 0. The molecular weight excluding hydrogens is 961 g/mol. The summed E-state index contributed by atoms with van der Waals surface area (Å²) in [6.07, 6.45) is 85.3. The molecule has 78 heavy (non-hydrogen) atoms. The normalized spacial score (nSPS) is 12.4. The zero-order valence-electron chi connectivity index (χ0n) is 52.2. The fourth-order valence-corrected chi connectivity index (χ4v) is 10.2. The minimum absolute atomic E-state index is 0.0829. The monoisotopic (exact) mass is 1090 g/mol. The van der Waals surface area contributed by atoms with Gasteiger partial charge >= 0.3 is 17.9 Å². The van der Waals surface area contributed by atoms with Gasteiger partial charge in [-0.25, -0.2) is 0 Å². The maximum Gasteiger partial charge on any atom is 0.306 e. The predicted octanol–water partition coefficient (Wildman–Crippen LogP) is 23.5. The Morgan fingerprint density at radius 2 is 0.500 bits per heavy atom. The van der Waals surface area contributed by atoms with Crippen LogP contribution in [0.4, 0.5) is 0 Å². The van der Waals surface area contributed by atoms with Crippen LogP contribution in [0, 0.1) is 0 Å². The fourth-order valence-electron chi connectivity index (χ4n) is 10.2. The van der Waals surface area contributed by atoms with Crippen LogP contribution in [0.5, 0.6) is 0 Å². The molecule has 0 aromatic heterocycles. The Morgan fingerprint density at radius 3 is 0.782 bits per heavy atom. The number of carbonyl (C=O) groups excluding carboxylic acids is 3. The molecule has 1 atom stereocenters. The standard InChI is InChI=1S/C72H130O6/c1-4-7-10-13-16-19-22-25-28-31-34-35-36-37-39-41-44-47-50-53-56-59-62-65-71(74)77-68-69(67-76-70(73)64-61-58-55-52-49-46-43-40-33-30-27-24-21-18-15-12-9-6-3)78-72(75)66-63-60-57-54-51-48-45-42-38-32-29-26-23-20-17-14-11-8-5-2/h8,11,17,20,26,29,38,42,48,51,69H,4-7,9-10,12-16,18-19,21-25,27-28,30-37,39-41,43-47,49-50,52-68H2,1-3H3/b11-8-,20-17-,29-26-,42-38-,51-48-. The minimum Gasteiger partial charge on any atom is -0.462 e. The summed E-state index contributed by atoms with van der Waals surface area (Å²) in [6, 6.07) is 0. The molecule has 0 spiro atoms. The van der Waals surface area contributed by atoms with E-state index >= 15 is 0 Å². The topological polar surface area (TPSA) is 78.9 Å². The van der Waals surface area contributed by atoms with Gasteiger partial charge in [0, 0.05) is 19.3 Å². The van der Waals surface area contributed by atoms with E-state index in [1.165, 1.54) is 225 Å². The second kappa shape index (κ2) is 66.6. The Kier molecular flexibility index (Phi) is 64.2. The van der Waals surface area contributed by atoms with Gasteiger partial charge in [0.2, 0.25) is 0 Å². The summed E-state index contributed by atoms with van der Waals surface area (Å²) >= 11 is 0. The molecule has 1 unspecified atom stereocenters. The third-order valence-corrected chi connectivity index (χ3v) is 15.3. The van der Waals surface area contributed by atoms with E-state index in [2.05, 4.69) is 81.5 Å². The van der Waals surface area contributed by atoms with E-state index in [4.69, 9.17) is 14.2 Å². The number of ether oxygens (including phenoxy) is 3. The van der Waals surface area contributed by atoms with E-state index in [0.29, 0.717) is 19.3 Å². The lowest BCUT2D eigenvalue weighted by Crippen LogP contribution is -2.30. The van der Waals surface area contributed by atoms with E-state index in [1.54, 1.807) is 0 Å². The van der Waals surface area contributed by atoms with Gasteiger partial charge < -0.3 is 14.2 Å². The number of unbranched alkanes of at least 4 members (excludes halogenated alkanes) is 42. The molecule has 0 N–H and O–H groups in total. The molecular formula is C72H130O6. The largest absolute Gasteiger partial charge is 0.462 e. The summed E-state index contributed by atoms with van der Waals surface area (Å²) in [5, 5.41) is 0. The van der Waals surface area contributed by atoms with Gasteiger partial charge in [-0.05, 0) is 64.2 Å². The zero-order chi connectivity index (χ0) is 56.4. The molecule has 0 amide bonds. The maximum absolute atomic E-state index is 12.9. The van der Waals surface area contributed by atoms with Crippen molar-refractivity contribution in [3.8, 4) is 0 Å². The lowest BCUT2D eigenvalue weighted by molar-refractivity contribution is -0.167. The summed E-state index contributed by atoms with van der Waals surface area (Å²) in [5.74, 6) is -0.890. The maximum atomic E-state index is 12.9. The molecule has 0 bridgehead atoms. The third kappa shape index (κ3) is 63.9. The van der Waals surface area contributed by atoms with Crippen molar-refractivity contribution in [2.75, 3.05) is 13.2 Å². The van der Waals surface area contributed by atoms with Crippen LogP contribution < -0.4 is 0 Å². The van der Waals surface area contributed by atoms with Gasteiger partial charge in [-0.15, -0.1) is 0 Å². The summed E-state index contributed by atoms with van der Waals surface area (Å²) in [6.45, 7) is 6.57. The van der Waals surface area contributed by atoms with Crippen LogP contribution in [0.3, 0.4) is 0 Å². The zero-order valence-corrected chi connectivity index (χ0v) is 52.2. The first-order valence-electron chi connectivity index (χ1n) is 34.3. The lowest BCUT2D eigenvalue weighted by Gasteiger charge is -2.18. The van der Waals surface area contributed by atoms with Crippen LogP contribution in [0.15, 0.2) is 60.8 Å². The first kappa shape index (κ1) is 75.1. The smallest absolute Gasteiger partial charge is 0.306 e. The van der Waals surface area contributed by atoms with E-state index in [1.807, 2.05) is 0 Å². The van der Waals surface area contributed by atoms with Gasteiger partial charge in [0.25, 0.3) is 0 Å². The van der Waals surface area contributed by atoms with Crippen molar-refractivity contribution in [2.45, 2.75) is 367 Å². The van der Waals surface area contributed by atoms with Gasteiger partial charge in [-0.2, -0.15) is 0 Å². The molecule has 0 aromatic carbocycles. The Morgan fingerprint density at radius 1 is 0.269 bits per heavy atom. The SMILES string of the molecule is CC/C=C\C/C=C\C/C=C\C/C=C\C/C=C\CCCCCC(=O)OC(COC(=O)CCCCCCCCCCCCCCCCCCCC)COC(=O)CCCCCCCCCCCCCCCCCCCCCCCCC. The number of allylic oxidation sites excluding steroid dienone is 10. The molecule has 0 saturated carbocycles. The van der Waals surface area contributed by atoms with E-state index < -0.39 is 6.10 Å². The summed E-state index contributed by atoms with van der Waals surface area (Å²) in [5.41, 5.74) is 0. The Hall–Kier alpha value is -2.89. The van der Waals surface area contributed by atoms with E-state index in [0.717, 1.165) is 96.3 Å². The fraction of sp³-hybridized carbons (Fsp3) is 0.819. The number of hydrogen-bond acceptors (Lipinski definition) is 6. The van der Waals surface area contributed by atoms with E-state index in [9.17, 15) is 14.4 Å². The molecule has 6 heteroatoms. The minimum atomic E-state index is -0.790. The number of rotatable bonds is 63. The van der Waals surface area contributed by atoms with Crippen LogP contribution in [0.25, 0.3) is 0 Å². The molecule has 0 aliphatic heterocycles. The number of esters is 3. The van der Waals surface area contributed by atoms with Crippen molar-refractivity contribution in [3.05, 3.63) is 60.8 Å². The predicted molar refractivity (Wildman–Crippen MR) is 339 cm³/mol. The van der Waals surface area contributed by atoms with Crippen LogP contribution in [-0.2, 0) is 28.6 Å². The molecule has 0 saturated heterocycles. The molecule has 0 aromatic rings. The highest BCUT2D eigenvalue weighted by Crippen LogP contribution is 2.18. The molecule has 0 aliphatic rings. The van der Waals surface area contributed by atoms with Crippen LogP contribution in [0.1, 0.15) is 361 Å². The van der Waals surface area contributed by atoms with Gasteiger partial charge in [0.1, 0.15) is 13.2 Å². The average molecular weight is 1090 g/mol.